The fourth-order valence-electron chi connectivity index (χ4n) is 1.93. The Morgan fingerprint density at radius 3 is 3.24 bits per heavy atom. The molecule has 5 nitrogen and oxygen atoms in total. The molecule has 0 fully saturated rings. The van der Waals surface area contributed by atoms with Gasteiger partial charge in [-0.15, -0.1) is 11.3 Å². The van der Waals surface area contributed by atoms with Crippen LogP contribution in [0.5, 0.6) is 0 Å². The Hall–Kier alpha value is -1.14. The average Bonchev–Trinajstić information content (AvgIpc) is 2.65. The fourth-order valence-corrected chi connectivity index (χ4v) is 2.85. The van der Waals surface area contributed by atoms with Crippen molar-refractivity contribution in [3.05, 3.63) is 10.6 Å². The molecular weight excluding hydrogens is 236 g/mol. The van der Waals surface area contributed by atoms with E-state index in [9.17, 15) is 4.79 Å². The number of amides is 1. The summed E-state index contributed by atoms with van der Waals surface area (Å²) >= 11 is 1.53. The molecule has 1 aliphatic rings. The lowest BCUT2D eigenvalue weighted by Crippen LogP contribution is -2.39. The largest absolute Gasteiger partial charge is 0.375 e. The molecule has 94 valence electrons. The number of hydrogen-bond acceptors (Lipinski definition) is 5. The van der Waals surface area contributed by atoms with Crippen molar-refractivity contribution in [3.63, 3.8) is 0 Å². The summed E-state index contributed by atoms with van der Waals surface area (Å²) in [6, 6.07) is 0. The van der Waals surface area contributed by atoms with Crippen LogP contribution in [-0.2, 0) is 17.8 Å². The Morgan fingerprint density at radius 1 is 1.65 bits per heavy atom. The summed E-state index contributed by atoms with van der Waals surface area (Å²) < 4.78 is 0. The number of carbonyl (C=O) groups is 1. The minimum Gasteiger partial charge on any atom is -0.375 e. The summed E-state index contributed by atoms with van der Waals surface area (Å²) in [6.07, 6.45) is 1.87. The zero-order valence-electron chi connectivity index (χ0n) is 10.0. The summed E-state index contributed by atoms with van der Waals surface area (Å²) in [6.45, 7) is 4.95. The molecule has 0 aliphatic carbocycles. The van der Waals surface area contributed by atoms with Crippen molar-refractivity contribution >= 4 is 22.4 Å². The lowest BCUT2D eigenvalue weighted by molar-refractivity contribution is -0.122. The van der Waals surface area contributed by atoms with E-state index >= 15 is 0 Å². The lowest BCUT2D eigenvalue weighted by Gasteiger charge is -2.25. The van der Waals surface area contributed by atoms with Gasteiger partial charge in [0.25, 0.3) is 0 Å². The highest BCUT2D eigenvalue weighted by atomic mass is 32.1. The maximum atomic E-state index is 11.6. The molecule has 0 saturated carbocycles. The minimum absolute atomic E-state index is 0.104. The SMILES string of the molecule is CCCNC(=O)CN1CCc2nc(N)sc2C1. The second-order valence-corrected chi connectivity index (χ2v) is 5.35. The van der Waals surface area contributed by atoms with Gasteiger partial charge in [0.1, 0.15) is 0 Å². The molecule has 0 atom stereocenters. The topological polar surface area (TPSA) is 71.2 Å². The molecular formula is C11H18N4OS. The first-order chi connectivity index (χ1) is 8.19. The number of nitrogens with one attached hydrogen (secondary N) is 1. The monoisotopic (exact) mass is 254 g/mol. The van der Waals surface area contributed by atoms with E-state index in [0.717, 1.165) is 38.2 Å². The van der Waals surface area contributed by atoms with Crippen LogP contribution in [0.25, 0.3) is 0 Å². The highest BCUT2D eigenvalue weighted by Crippen LogP contribution is 2.25. The van der Waals surface area contributed by atoms with E-state index in [1.165, 1.54) is 16.2 Å². The van der Waals surface area contributed by atoms with Crippen molar-refractivity contribution in [2.75, 3.05) is 25.4 Å². The van der Waals surface area contributed by atoms with Gasteiger partial charge in [0.05, 0.1) is 12.2 Å². The first kappa shape index (κ1) is 12.3. The van der Waals surface area contributed by atoms with Crippen molar-refractivity contribution in [3.8, 4) is 0 Å². The van der Waals surface area contributed by atoms with Crippen molar-refractivity contribution in [2.24, 2.45) is 0 Å². The molecule has 3 N–H and O–H groups in total. The van der Waals surface area contributed by atoms with E-state index < -0.39 is 0 Å². The number of rotatable bonds is 4. The van der Waals surface area contributed by atoms with E-state index in [1.807, 2.05) is 6.92 Å². The third kappa shape index (κ3) is 3.17. The number of thiazole rings is 1. The van der Waals surface area contributed by atoms with E-state index in [2.05, 4.69) is 15.2 Å². The summed E-state index contributed by atoms with van der Waals surface area (Å²) in [7, 11) is 0. The smallest absolute Gasteiger partial charge is 0.234 e. The molecule has 1 aliphatic heterocycles. The van der Waals surface area contributed by atoms with Crippen molar-refractivity contribution in [2.45, 2.75) is 26.3 Å². The van der Waals surface area contributed by atoms with Gasteiger partial charge in [-0.2, -0.15) is 0 Å². The maximum absolute atomic E-state index is 11.6. The fraction of sp³-hybridized carbons (Fsp3) is 0.636. The molecule has 0 saturated heterocycles. The Morgan fingerprint density at radius 2 is 2.47 bits per heavy atom. The Labute approximate surface area is 105 Å². The van der Waals surface area contributed by atoms with Gasteiger partial charge in [-0.05, 0) is 6.42 Å². The molecule has 6 heteroatoms. The van der Waals surface area contributed by atoms with Gasteiger partial charge < -0.3 is 11.1 Å². The third-order valence-electron chi connectivity index (χ3n) is 2.77. The van der Waals surface area contributed by atoms with Crippen LogP contribution in [0.15, 0.2) is 0 Å². The number of nitrogen functional groups attached to an aromatic ring is 1. The molecule has 1 amide bonds. The number of nitrogens with two attached hydrogens (primary N) is 1. The van der Waals surface area contributed by atoms with Crippen LogP contribution >= 0.6 is 11.3 Å². The van der Waals surface area contributed by atoms with Gasteiger partial charge in [0, 0.05) is 30.9 Å². The minimum atomic E-state index is 0.104. The van der Waals surface area contributed by atoms with Crippen molar-refractivity contribution < 1.29 is 4.79 Å². The summed E-state index contributed by atoms with van der Waals surface area (Å²) in [5.41, 5.74) is 6.79. The van der Waals surface area contributed by atoms with Gasteiger partial charge in [-0.25, -0.2) is 4.98 Å². The zero-order chi connectivity index (χ0) is 12.3. The quantitative estimate of drug-likeness (QED) is 0.826. The number of hydrogen-bond donors (Lipinski definition) is 2. The molecule has 2 rings (SSSR count). The Balaban J connectivity index is 1.87. The Kier molecular flexibility index (Phi) is 3.96. The second-order valence-electron chi connectivity index (χ2n) is 4.23. The van der Waals surface area contributed by atoms with Crippen LogP contribution < -0.4 is 11.1 Å². The zero-order valence-corrected chi connectivity index (χ0v) is 10.8. The second kappa shape index (κ2) is 5.46. The molecule has 0 bridgehead atoms. The molecule has 0 radical (unpaired) electrons. The van der Waals surface area contributed by atoms with Gasteiger partial charge in [-0.3, -0.25) is 9.69 Å². The first-order valence-electron chi connectivity index (χ1n) is 5.92. The standard InChI is InChI=1S/C11H18N4OS/c1-2-4-13-10(16)7-15-5-3-8-9(6-15)17-11(12)14-8/h2-7H2,1H3,(H2,12,14)(H,13,16). The molecule has 2 heterocycles. The number of anilines is 1. The van der Waals surface area contributed by atoms with Crippen LogP contribution in [0.2, 0.25) is 0 Å². The van der Waals surface area contributed by atoms with Crippen LogP contribution in [0, 0.1) is 0 Å². The van der Waals surface area contributed by atoms with E-state index in [-0.39, 0.29) is 5.91 Å². The number of fused-ring (bicyclic) bond motifs is 1. The first-order valence-corrected chi connectivity index (χ1v) is 6.73. The summed E-state index contributed by atoms with van der Waals surface area (Å²) in [5.74, 6) is 0.104. The van der Waals surface area contributed by atoms with E-state index in [1.54, 1.807) is 0 Å². The summed E-state index contributed by atoms with van der Waals surface area (Å²) in [4.78, 5) is 19.2. The molecule has 0 aromatic carbocycles. The highest BCUT2D eigenvalue weighted by molar-refractivity contribution is 7.15. The van der Waals surface area contributed by atoms with Crippen LogP contribution in [-0.4, -0.2) is 35.4 Å². The lowest BCUT2D eigenvalue weighted by atomic mass is 10.2. The number of carbonyl (C=O) groups excluding carboxylic acids is 1. The predicted octanol–water partition coefficient (Wildman–Crippen LogP) is 0.610. The van der Waals surface area contributed by atoms with E-state index in [4.69, 9.17) is 5.73 Å². The molecule has 1 aromatic rings. The highest BCUT2D eigenvalue weighted by Gasteiger charge is 2.21. The third-order valence-corrected chi connectivity index (χ3v) is 3.68. The normalized spacial score (nSPS) is 15.6. The van der Waals surface area contributed by atoms with Crippen molar-refractivity contribution in [1.29, 1.82) is 0 Å². The Bertz CT molecular complexity index is 404. The van der Waals surface area contributed by atoms with Crippen LogP contribution in [0.1, 0.15) is 23.9 Å². The maximum Gasteiger partial charge on any atom is 0.234 e. The number of nitrogens with zero attached hydrogens (tertiary/aromatic N) is 2. The van der Waals surface area contributed by atoms with Gasteiger partial charge in [-0.1, -0.05) is 6.92 Å². The van der Waals surface area contributed by atoms with E-state index in [0.29, 0.717) is 11.7 Å². The molecule has 1 aromatic heterocycles. The molecule has 0 spiro atoms. The molecule has 17 heavy (non-hydrogen) atoms. The van der Waals surface area contributed by atoms with Crippen LogP contribution in [0.4, 0.5) is 5.13 Å². The van der Waals surface area contributed by atoms with Crippen molar-refractivity contribution in [1.82, 2.24) is 15.2 Å². The van der Waals surface area contributed by atoms with Gasteiger partial charge in [0.2, 0.25) is 5.91 Å². The summed E-state index contributed by atoms with van der Waals surface area (Å²) in [5, 5.41) is 3.52. The van der Waals surface area contributed by atoms with Gasteiger partial charge in [0.15, 0.2) is 5.13 Å². The predicted molar refractivity (Wildman–Crippen MR) is 68.8 cm³/mol. The van der Waals surface area contributed by atoms with Gasteiger partial charge >= 0.3 is 0 Å². The number of aromatic nitrogens is 1. The van der Waals surface area contributed by atoms with Crippen LogP contribution in [0.3, 0.4) is 0 Å². The molecule has 0 unspecified atom stereocenters. The average molecular weight is 254 g/mol.